The number of nitrogens with one attached hydrogen (secondary N) is 1. The maximum absolute atomic E-state index is 12.2. The molecule has 0 radical (unpaired) electrons. The zero-order valence-electron chi connectivity index (χ0n) is 12.5. The lowest BCUT2D eigenvalue weighted by atomic mass is 9.94. The second kappa shape index (κ2) is 9.00. The summed E-state index contributed by atoms with van der Waals surface area (Å²) in [6, 6.07) is -0.499. The highest BCUT2D eigenvalue weighted by Crippen LogP contribution is 2.22. The Hall–Kier alpha value is -0.0400. The minimum absolute atomic E-state index is 0.0245. The van der Waals surface area contributed by atoms with Gasteiger partial charge in [0.05, 0.1) is 18.1 Å². The van der Waals surface area contributed by atoms with E-state index in [1.54, 1.807) is 35.4 Å². The van der Waals surface area contributed by atoms with Crippen LogP contribution in [-0.2, 0) is 9.59 Å². The standard InChI is InChI=1S/C13H26N2O2S2/c1-6-18-19-8-10(14)12(17)13(4,5)15-7-11(16)9(2)3/h9-10,15H,6-8,14H2,1-5H3. The summed E-state index contributed by atoms with van der Waals surface area (Å²) in [5.41, 5.74) is 5.14. The molecule has 0 aliphatic rings. The molecule has 0 fully saturated rings. The van der Waals surface area contributed by atoms with E-state index in [4.69, 9.17) is 5.73 Å². The van der Waals surface area contributed by atoms with Crippen molar-refractivity contribution in [3.63, 3.8) is 0 Å². The van der Waals surface area contributed by atoms with Crippen LogP contribution < -0.4 is 11.1 Å². The SMILES string of the molecule is CCSSCC(N)C(=O)C(C)(C)NCC(=O)C(C)C. The topological polar surface area (TPSA) is 72.2 Å². The van der Waals surface area contributed by atoms with Gasteiger partial charge < -0.3 is 5.73 Å². The van der Waals surface area contributed by atoms with Gasteiger partial charge in [0.1, 0.15) is 5.78 Å². The summed E-state index contributed by atoms with van der Waals surface area (Å²) >= 11 is 0. The van der Waals surface area contributed by atoms with Crippen LogP contribution in [0.15, 0.2) is 0 Å². The van der Waals surface area contributed by atoms with E-state index in [9.17, 15) is 9.59 Å². The Balaban J connectivity index is 4.29. The fraction of sp³-hybridized carbons (Fsp3) is 0.846. The minimum Gasteiger partial charge on any atom is -0.321 e. The fourth-order valence-corrected chi connectivity index (χ4v) is 3.13. The first-order valence-electron chi connectivity index (χ1n) is 6.54. The molecule has 4 nitrogen and oxygen atoms in total. The molecular formula is C13H26N2O2S2. The van der Waals surface area contributed by atoms with Crippen LogP contribution in [0.1, 0.15) is 34.6 Å². The van der Waals surface area contributed by atoms with Crippen molar-refractivity contribution in [2.45, 2.75) is 46.2 Å². The molecule has 0 saturated heterocycles. The highest BCUT2D eigenvalue weighted by Gasteiger charge is 2.31. The summed E-state index contributed by atoms with van der Waals surface area (Å²) in [7, 11) is 3.31. The first-order chi connectivity index (χ1) is 8.72. The zero-order chi connectivity index (χ0) is 15.1. The molecule has 0 aromatic rings. The number of carbonyl (C=O) groups is 2. The molecule has 0 aromatic carbocycles. The highest BCUT2D eigenvalue weighted by molar-refractivity contribution is 8.76. The van der Waals surface area contributed by atoms with E-state index in [-0.39, 0.29) is 24.0 Å². The molecule has 0 aromatic heterocycles. The normalized spacial score (nSPS) is 13.6. The van der Waals surface area contributed by atoms with Gasteiger partial charge in [-0.25, -0.2) is 0 Å². The van der Waals surface area contributed by atoms with Crippen LogP contribution in [0.5, 0.6) is 0 Å². The maximum atomic E-state index is 12.2. The van der Waals surface area contributed by atoms with Crippen molar-refractivity contribution in [1.29, 1.82) is 0 Å². The van der Waals surface area contributed by atoms with Crippen molar-refractivity contribution >= 4 is 33.2 Å². The smallest absolute Gasteiger partial charge is 0.169 e. The second-order valence-corrected chi connectivity index (χ2v) is 8.06. The Morgan fingerprint density at radius 3 is 2.32 bits per heavy atom. The first-order valence-corrected chi connectivity index (χ1v) is 9.03. The van der Waals surface area contributed by atoms with Crippen molar-refractivity contribution in [1.82, 2.24) is 5.32 Å². The molecule has 0 rings (SSSR count). The summed E-state index contributed by atoms with van der Waals surface area (Å²) in [5, 5.41) is 3.02. The lowest BCUT2D eigenvalue weighted by molar-refractivity contribution is -0.126. The quantitative estimate of drug-likeness (QED) is 0.474. The Morgan fingerprint density at radius 2 is 1.84 bits per heavy atom. The molecule has 0 bridgehead atoms. The molecule has 0 saturated carbocycles. The molecule has 0 aliphatic carbocycles. The third-order valence-corrected chi connectivity index (χ3v) is 5.26. The van der Waals surface area contributed by atoms with Gasteiger partial charge in [-0.05, 0) is 13.8 Å². The molecule has 0 heterocycles. The number of hydrogen-bond donors (Lipinski definition) is 2. The van der Waals surface area contributed by atoms with Crippen LogP contribution in [-0.4, -0.2) is 41.2 Å². The summed E-state index contributed by atoms with van der Waals surface area (Å²) in [4.78, 5) is 23.8. The largest absolute Gasteiger partial charge is 0.321 e. The van der Waals surface area contributed by atoms with E-state index < -0.39 is 11.6 Å². The zero-order valence-corrected chi connectivity index (χ0v) is 14.1. The Morgan fingerprint density at radius 1 is 1.26 bits per heavy atom. The molecule has 19 heavy (non-hydrogen) atoms. The van der Waals surface area contributed by atoms with Crippen molar-refractivity contribution in [2.24, 2.45) is 11.7 Å². The Labute approximate surface area is 124 Å². The highest BCUT2D eigenvalue weighted by atomic mass is 33.1. The molecular weight excluding hydrogens is 280 g/mol. The van der Waals surface area contributed by atoms with E-state index in [1.165, 1.54) is 0 Å². The van der Waals surface area contributed by atoms with E-state index in [2.05, 4.69) is 12.2 Å². The number of Topliss-reactive ketones (excluding diaryl/α,β-unsaturated/α-hetero) is 2. The van der Waals surface area contributed by atoms with Gasteiger partial charge >= 0.3 is 0 Å². The number of hydrogen-bond acceptors (Lipinski definition) is 6. The third kappa shape index (κ3) is 7.34. The Bertz CT molecular complexity index is 307. The fourth-order valence-electron chi connectivity index (χ4n) is 1.34. The van der Waals surface area contributed by atoms with Crippen LogP contribution in [0.25, 0.3) is 0 Å². The molecule has 1 atom stereocenters. The number of nitrogens with two attached hydrogens (primary N) is 1. The maximum Gasteiger partial charge on any atom is 0.169 e. The van der Waals surface area contributed by atoms with Gasteiger partial charge in [-0.3, -0.25) is 14.9 Å². The predicted molar refractivity (Wildman–Crippen MR) is 85.5 cm³/mol. The third-order valence-electron chi connectivity index (χ3n) is 2.75. The minimum atomic E-state index is -0.762. The summed E-state index contributed by atoms with van der Waals surface area (Å²) in [6.07, 6.45) is 0. The molecule has 0 aliphatic heterocycles. The van der Waals surface area contributed by atoms with Gasteiger partial charge in [0, 0.05) is 17.4 Å². The average Bonchev–Trinajstić information content (AvgIpc) is 2.34. The second-order valence-electron chi connectivity index (χ2n) is 5.26. The van der Waals surface area contributed by atoms with E-state index in [0.29, 0.717) is 5.75 Å². The van der Waals surface area contributed by atoms with Crippen LogP contribution >= 0.6 is 21.6 Å². The molecule has 0 spiro atoms. The van der Waals surface area contributed by atoms with Gasteiger partial charge in [-0.1, -0.05) is 42.4 Å². The van der Waals surface area contributed by atoms with Gasteiger partial charge in [0.2, 0.25) is 0 Å². The predicted octanol–water partition coefficient (Wildman–Crippen LogP) is 1.88. The summed E-state index contributed by atoms with van der Waals surface area (Å²) in [6.45, 7) is 9.53. The van der Waals surface area contributed by atoms with Crippen LogP contribution in [0.4, 0.5) is 0 Å². The summed E-state index contributed by atoms with van der Waals surface area (Å²) in [5.74, 6) is 1.62. The molecule has 112 valence electrons. The monoisotopic (exact) mass is 306 g/mol. The molecule has 1 unspecified atom stereocenters. The van der Waals surface area contributed by atoms with E-state index in [0.717, 1.165) is 5.75 Å². The van der Waals surface area contributed by atoms with Gasteiger partial charge in [0.15, 0.2) is 5.78 Å². The van der Waals surface area contributed by atoms with Gasteiger partial charge in [-0.15, -0.1) is 0 Å². The number of ketones is 2. The van der Waals surface area contributed by atoms with Crippen LogP contribution in [0.2, 0.25) is 0 Å². The summed E-state index contributed by atoms with van der Waals surface area (Å²) < 4.78 is 0. The number of rotatable bonds is 10. The van der Waals surface area contributed by atoms with Crippen molar-refractivity contribution < 1.29 is 9.59 Å². The van der Waals surface area contributed by atoms with Crippen molar-refractivity contribution in [3.05, 3.63) is 0 Å². The lowest BCUT2D eigenvalue weighted by Crippen LogP contribution is -2.55. The van der Waals surface area contributed by atoms with Crippen molar-refractivity contribution in [2.75, 3.05) is 18.1 Å². The first kappa shape index (κ1) is 19.0. The van der Waals surface area contributed by atoms with Crippen LogP contribution in [0.3, 0.4) is 0 Å². The van der Waals surface area contributed by atoms with E-state index >= 15 is 0 Å². The van der Waals surface area contributed by atoms with Crippen LogP contribution in [0, 0.1) is 5.92 Å². The molecule has 0 amide bonds. The molecule has 3 N–H and O–H groups in total. The lowest BCUT2D eigenvalue weighted by Gasteiger charge is -2.27. The van der Waals surface area contributed by atoms with E-state index in [1.807, 2.05) is 13.8 Å². The van der Waals surface area contributed by atoms with Gasteiger partial charge in [-0.2, -0.15) is 0 Å². The molecule has 6 heteroatoms. The van der Waals surface area contributed by atoms with Crippen molar-refractivity contribution in [3.8, 4) is 0 Å². The number of carbonyl (C=O) groups excluding carboxylic acids is 2. The Kier molecular flexibility index (Phi) is 8.98. The van der Waals surface area contributed by atoms with Gasteiger partial charge in [0.25, 0.3) is 0 Å². The average molecular weight is 306 g/mol.